The molecule has 1 atom stereocenters. The Morgan fingerprint density at radius 3 is 2.81 bits per heavy atom. The molecular formula is C15H17NO3S2. The van der Waals surface area contributed by atoms with Crippen molar-refractivity contribution in [1.29, 1.82) is 0 Å². The van der Waals surface area contributed by atoms with Crippen molar-refractivity contribution in [3.63, 3.8) is 0 Å². The van der Waals surface area contributed by atoms with E-state index in [0.717, 1.165) is 22.3 Å². The fourth-order valence-corrected chi connectivity index (χ4v) is 4.30. The molecular weight excluding hydrogens is 306 g/mol. The molecule has 1 aromatic heterocycles. The number of fused-ring (bicyclic) bond motifs is 3. The zero-order chi connectivity index (χ0) is 15.3. The molecule has 0 bridgehead atoms. The van der Waals surface area contributed by atoms with Crippen LogP contribution in [-0.2, 0) is 15.5 Å². The topological polar surface area (TPSA) is 66.7 Å². The molecule has 0 saturated carbocycles. The van der Waals surface area contributed by atoms with Gasteiger partial charge in [0, 0.05) is 21.2 Å². The van der Waals surface area contributed by atoms with Crippen LogP contribution in [0.1, 0.15) is 32.3 Å². The van der Waals surface area contributed by atoms with Gasteiger partial charge in [-0.25, -0.2) is 0 Å². The molecule has 2 heterocycles. The molecule has 0 spiro atoms. The third-order valence-electron chi connectivity index (χ3n) is 4.36. The smallest absolute Gasteiger partial charge is 0.264 e. The second-order valence-electron chi connectivity index (χ2n) is 5.71. The summed E-state index contributed by atoms with van der Waals surface area (Å²) < 4.78 is 31.9. The van der Waals surface area contributed by atoms with Gasteiger partial charge in [0.05, 0.1) is 11.4 Å². The van der Waals surface area contributed by atoms with Gasteiger partial charge in [-0.1, -0.05) is 13.0 Å². The van der Waals surface area contributed by atoms with Crippen LogP contribution >= 0.6 is 11.3 Å². The Bertz CT molecular complexity index is 836. The van der Waals surface area contributed by atoms with Crippen LogP contribution in [0.25, 0.3) is 10.1 Å². The van der Waals surface area contributed by atoms with Crippen molar-refractivity contribution in [2.24, 2.45) is 4.99 Å². The molecule has 3 rings (SSSR count). The minimum Gasteiger partial charge on any atom is -0.286 e. The first-order chi connectivity index (χ1) is 9.81. The molecule has 6 heteroatoms. The number of hydrogen-bond acceptors (Lipinski definition) is 4. The Balaban J connectivity index is 1.97. The van der Waals surface area contributed by atoms with Gasteiger partial charge in [-0.3, -0.25) is 9.55 Å². The molecule has 2 aromatic rings. The molecule has 0 radical (unpaired) electrons. The summed E-state index contributed by atoms with van der Waals surface area (Å²) >= 11 is 1.69. The number of rotatable bonds is 4. The standard InChI is InChI=1S/C15H17NO3S2/c1-10-15(2,7-3-9-21(17,18)19)12-4-5-13-11(6-8-20-13)14(12)16-10/h4-6,8H,3,7,9H2,1-2H3,(H,17,18,19). The van der Waals surface area contributed by atoms with Gasteiger partial charge < -0.3 is 0 Å². The summed E-state index contributed by atoms with van der Waals surface area (Å²) in [7, 11) is -3.90. The van der Waals surface area contributed by atoms with Crippen molar-refractivity contribution in [1.82, 2.24) is 0 Å². The van der Waals surface area contributed by atoms with Crippen molar-refractivity contribution in [3.8, 4) is 0 Å². The summed E-state index contributed by atoms with van der Waals surface area (Å²) in [5.74, 6) is -0.202. The van der Waals surface area contributed by atoms with E-state index in [2.05, 4.69) is 30.5 Å². The molecule has 0 amide bonds. The summed E-state index contributed by atoms with van der Waals surface area (Å²) in [5.41, 5.74) is 2.92. The van der Waals surface area contributed by atoms with Crippen molar-refractivity contribution >= 4 is 42.9 Å². The van der Waals surface area contributed by atoms with Crippen LogP contribution in [0.15, 0.2) is 28.6 Å². The number of aliphatic imine (C=N–C) groups is 1. The molecule has 0 aliphatic carbocycles. The number of thiophene rings is 1. The Hall–Kier alpha value is -1.24. The summed E-state index contributed by atoms with van der Waals surface area (Å²) in [4.78, 5) is 4.73. The zero-order valence-electron chi connectivity index (χ0n) is 12.0. The number of nitrogens with zero attached hydrogens (tertiary/aromatic N) is 1. The largest absolute Gasteiger partial charge is 0.286 e. The first-order valence-corrected chi connectivity index (χ1v) is 9.32. The Morgan fingerprint density at radius 2 is 2.10 bits per heavy atom. The summed E-state index contributed by atoms with van der Waals surface area (Å²) in [6.45, 7) is 4.09. The quantitative estimate of drug-likeness (QED) is 0.867. The van der Waals surface area contributed by atoms with Crippen LogP contribution in [0, 0.1) is 0 Å². The lowest BCUT2D eigenvalue weighted by atomic mass is 9.76. The molecule has 4 nitrogen and oxygen atoms in total. The molecule has 1 aliphatic rings. The molecule has 1 unspecified atom stereocenters. The van der Waals surface area contributed by atoms with Crippen LogP contribution in [0.5, 0.6) is 0 Å². The average Bonchev–Trinajstić information content (AvgIpc) is 2.93. The van der Waals surface area contributed by atoms with E-state index in [1.54, 1.807) is 11.3 Å². The normalized spacial score (nSPS) is 21.6. The monoisotopic (exact) mass is 323 g/mol. The molecule has 1 N–H and O–H groups in total. The lowest BCUT2D eigenvalue weighted by molar-refractivity contribution is 0.475. The Labute approximate surface area is 128 Å². The highest BCUT2D eigenvalue weighted by atomic mass is 32.2. The molecule has 21 heavy (non-hydrogen) atoms. The van der Waals surface area contributed by atoms with E-state index >= 15 is 0 Å². The maximum Gasteiger partial charge on any atom is 0.264 e. The maximum atomic E-state index is 10.9. The summed E-state index contributed by atoms with van der Waals surface area (Å²) in [5, 5.41) is 3.22. The highest BCUT2D eigenvalue weighted by Crippen LogP contribution is 2.47. The molecule has 112 valence electrons. The summed E-state index contributed by atoms with van der Waals surface area (Å²) in [6.07, 6.45) is 1.08. The van der Waals surface area contributed by atoms with Crippen LogP contribution in [0.4, 0.5) is 5.69 Å². The van der Waals surface area contributed by atoms with Crippen LogP contribution < -0.4 is 0 Å². The Kier molecular flexibility index (Phi) is 3.43. The van der Waals surface area contributed by atoms with Crippen LogP contribution in [0.3, 0.4) is 0 Å². The fraction of sp³-hybridized carbons (Fsp3) is 0.400. The minimum absolute atomic E-state index is 0.202. The van der Waals surface area contributed by atoms with E-state index in [4.69, 9.17) is 9.55 Å². The van der Waals surface area contributed by atoms with Crippen molar-refractivity contribution in [2.75, 3.05) is 5.75 Å². The van der Waals surface area contributed by atoms with Crippen molar-refractivity contribution in [3.05, 3.63) is 29.1 Å². The average molecular weight is 323 g/mol. The van der Waals surface area contributed by atoms with Gasteiger partial charge in [-0.15, -0.1) is 11.3 Å². The third kappa shape index (κ3) is 2.52. The van der Waals surface area contributed by atoms with Crippen LogP contribution in [-0.4, -0.2) is 24.4 Å². The van der Waals surface area contributed by atoms with Gasteiger partial charge in [-0.05, 0) is 42.8 Å². The van der Waals surface area contributed by atoms with Gasteiger partial charge in [0.25, 0.3) is 10.1 Å². The Morgan fingerprint density at radius 1 is 1.33 bits per heavy atom. The summed E-state index contributed by atoms with van der Waals surface area (Å²) in [6, 6.07) is 6.29. The SMILES string of the molecule is CC1=Nc2c(ccc3sccc23)C1(C)CCCS(=O)(=O)O. The van der Waals surface area contributed by atoms with Gasteiger partial charge in [0.15, 0.2) is 0 Å². The maximum absolute atomic E-state index is 10.9. The van der Waals surface area contributed by atoms with E-state index in [0.29, 0.717) is 12.8 Å². The second kappa shape index (κ2) is 4.90. The first kappa shape index (κ1) is 14.7. The van der Waals surface area contributed by atoms with E-state index in [-0.39, 0.29) is 11.2 Å². The van der Waals surface area contributed by atoms with Gasteiger partial charge >= 0.3 is 0 Å². The number of benzene rings is 1. The highest BCUT2D eigenvalue weighted by molar-refractivity contribution is 7.85. The zero-order valence-corrected chi connectivity index (χ0v) is 13.6. The molecule has 1 aromatic carbocycles. The van der Waals surface area contributed by atoms with E-state index in [1.807, 2.05) is 6.92 Å². The highest BCUT2D eigenvalue weighted by Gasteiger charge is 2.37. The van der Waals surface area contributed by atoms with Crippen molar-refractivity contribution < 1.29 is 13.0 Å². The lowest BCUT2D eigenvalue weighted by Crippen LogP contribution is -2.28. The van der Waals surface area contributed by atoms with Gasteiger partial charge in [0.1, 0.15) is 0 Å². The lowest BCUT2D eigenvalue weighted by Gasteiger charge is -2.26. The predicted molar refractivity (Wildman–Crippen MR) is 87.6 cm³/mol. The fourth-order valence-electron chi connectivity index (χ4n) is 3.00. The second-order valence-corrected chi connectivity index (χ2v) is 8.23. The minimum atomic E-state index is -3.90. The molecule has 1 aliphatic heterocycles. The van der Waals surface area contributed by atoms with E-state index in [9.17, 15) is 8.42 Å². The van der Waals surface area contributed by atoms with Gasteiger partial charge in [0.2, 0.25) is 0 Å². The first-order valence-electron chi connectivity index (χ1n) is 6.83. The van der Waals surface area contributed by atoms with Crippen LogP contribution in [0.2, 0.25) is 0 Å². The van der Waals surface area contributed by atoms with Gasteiger partial charge in [-0.2, -0.15) is 8.42 Å². The van der Waals surface area contributed by atoms with E-state index in [1.165, 1.54) is 4.70 Å². The van der Waals surface area contributed by atoms with E-state index < -0.39 is 10.1 Å². The third-order valence-corrected chi connectivity index (χ3v) is 6.05. The van der Waals surface area contributed by atoms with Crippen molar-refractivity contribution in [2.45, 2.75) is 32.1 Å². The molecule has 0 fully saturated rings. The predicted octanol–water partition coefficient (Wildman–Crippen LogP) is 3.93. The molecule has 0 saturated heterocycles. The number of hydrogen-bond donors (Lipinski definition) is 1.